The number of carbonyl (C=O) groups is 1. The number of benzene rings is 3. The first-order valence-electron chi connectivity index (χ1n) is 9.16. The van der Waals surface area contributed by atoms with Crippen molar-refractivity contribution in [1.82, 2.24) is 4.72 Å². The molecule has 1 amide bonds. The Bertz CT molecular complexity index is 1130. The number of hydrogen-bond donors (Lipinski definition) is 2. The van der Waals surface area contributed by atoms with Gasteiger partial charge in [0.25, 0.3) is 5.91 Å². The van der Waals surface area contributed by atoms with E-state index in [0.29, 0.717) is 22.0 Å². The van der Waals surface area contributed by atoms with Crippen LogP contribution < -0.4 is 14.8 Å². The van der Waals surface area contributed by atoms with E-state index in [9.17, 15) is 13.2 Å². The van der Waals surface area contributed by atoms with E-state index in [4.69, 9.17) is 16.3 Å². The number of carbonyl (C=O) groups excluding carboxylic acids is 1. The average Bonchev–Trinajstić information content (AvgIpc) is 2.72. The summed E-state index contributed by atoms with van der Waals surface area (Å²) in [4.78, 5) is 12.2. The van der Waals surface area contributed by atoms with Crippen molar-refractivity contribution in [3.63, 3.8) is 0 Å². The van der Waals surface area contributed by atoms with Crippen LogP contribution in [-0.4, -0.2) is 20.9 Å². The van der Waals surface area contributed by atoms with Crippen LogP contribution in [-0.2, 0) is 21.4 Å². The minimum atomic E-state index is -3.67. The molecule has 3 aromatic carbocycles. The fraction of sp³-hybridized carbons (Fsp3) is 0.136. The van der Waals surface area contributed by atoms with Crippen molar-refractivity contribution < 1.29 is 17.9 Å². The Hall–Kier alpha value is -2.87. The molecule has 156 valence electrons. The number of halogens is 1. The average molecular weight is 445 g/mol. The lowest BCUT2D eigenvalue weighted by Gasteiger charge is -2.12. The van der Waals surface area contributed by atoms with Crippen LogP contribution in [0.15, 0.2) is 77.7 Å². The van der Waals surface area contributed by atoms with Gasteiger partial charge in [-0.2, -0.15) is 0 Å². The summed E-state index contributed by atoms with van der Waals surface area (Å²) in [5.41, 5.74) is 2.04. The molecular weight excluding hydrogens is 424 g/mol. The summed E-state index contributed by atoms with van der Waals surface area (Å²) < 4.78 is 33.2. The molecule has 0 aliphatic heterocycles. The molecule has 8 heteroatoms. The Morgan fingerprint density at radius 1 is 1.00 bits per heavy atom. The Balaban J connectivity index is 1.59. The summed E-state index contributed by atoms with van der Waals surface area (Å²) in [6.45, 7) is 1.70. The molecule has 0 aliphatic rings. The Morgan fingerprint density at radius 3 is 2.47 bits per heavy atom. The van der Waals surface area contributed by atoms with Crippen LogP contribution in [0.1, 0.15) is 11.1 Å². The number of rotatable bonds is 8. The molecule has 30 heavy (non-hydrogen) atoms. The Kier molecular flexibility index (Phi) is 7.10. The zero-order chi connectivity index (χ0) is 21.6. The van der Waals surface area contributed by atoms with Crippen molar-refractivity contribution in [3.8, 4) is 5.75 Å². The van der Waals surface area contributed by atoms with Crippen LogP contribution in [0, 0.1) is 6.92 Å². The Labute approximate surface area is 180 Å². The summed E-state index contributed by atoms with van der Waals surface area (Å²) in [5.74, 6) is 0.0798. The first-order valence-corrected chi connectivity index (χ1v) is 11.0. The van der Waals surface area contributed by atoms with E-state index in [-0.39, 0.29) is 24.0 Å². The van der Waals surface area contributed by atoms with E-state index in [0.717, 1.165) is 5.56 Å². The van der Waals surface area contributed by atoms with Gasteiger partial charge in [-0.25, -0.2) is 13.1 Å². The minimum Gasteiger partial charge on any atom is -0.483 e. The van der Waals surface area contributed by atoms with E-state index < -0.39 is 10.0 Å². The van der Waals surface area contributed by atoms with Crippen molar-refractivity contribution in [2.45, 2.75) is 18.4 Å². The molecule has 6 nitrogen and oxygen atoms in total. The number of amides is 1. The van der Waals surface area contributed by atoms with E-state index in [1.54, 1.807) is 37.3 Å². The molecule has 0 fully saturated rings. The lowest BCUT2D eigenvalue weighted by atomic mass is 10.2. The van der Waals surface area contributed by atoms with Gasteiger partial charge in [0.2, 0.25) is 10.0 Å². The summed E-state index contributed by atoms with van der Waals surface area (Å²) >= 11 is 5.89. The highest BCUT2D eigenvalue weighted by Gasteiger charge is 2.16. The highest BCUT2D eigenvalue weighted by atomic mass is 35.5. The van der Waals surface area contributed by atoms with Crippen LogP contribution in [0.25, 0.3) is 0 Å². The molecule has 0 aliphatic carbocycles. The van der Waals surface area contributed by atoms with Gasteiger partial charge in [0.1, 0.15) is 5.75 Å². The lowest BCUT2D eigenvalue weighted by Crippen LogP contribution is -2.23. The molecule has 3 aromatic rings. The fourth-order valence-electron chi connectivity index (χ4n) is 2.72. The fourth-order valence-corrected chi connectivity index (χ4v) is 4.01. The van der Waals surface area contributed by atoms with E-state index in [1.807, 2.05) is 30.3 Å². The van der Waals surface area contributed by atoms with Crippen molar-refractivity contribution in [3.05, 3.63) is 88.9 Å². The third-order valence-corrected chi connectivity index (χ3v) is 5.87. The number of nitrogens with one attached hydrogen (secondary N) is 2. The van der Waals surface area contributed by atoms with Gasteiger partial charge in [-0.1, -0.05) is 48.0 Å². The van der Waals surface area contributed by atoms with Crippen LogP contribution >= 0.6 is 11.6 Å². The number of anilines is 1. The first kappa shape index (κ1) is 21.8. The first-order chi connectivity index (χ1) is 14.3. The molecule has 0 aromatic heterocycles. The number of hydrogen-bond acceptors (Lipinski definition) is 4. The van der Waals surface area contributed by atoms with E-state index in [1.165, 1.54) is 12.1 Å². The summed E-state index contributed by atoms with van der Waals surface area (Å²) in [5, 5.41) is 3.20. The molecule has 0 bridgehead atoms. The van der Waals surface area contributed by atoms with Crippen molar-refractivity contribution >= 4 is 33.2 Å². The Morgan fingerprint density at radius 2 is 1.77 bits per heavy atom. The maximum atomic E-state index is 12.5. The van der Waals surface area contributed by atoms with E-state index in [2.05, 4.69) is 10.0 Å². The zero-order valence-electron chi connectivity index (χ0n) is 16.3. The van der Waals surface area contributed by atoms with Crippen LogP contribution in [0.3, 0.4) is 0 Å². The molecule has 0 radical (unpaired) electrons. The zero-order valence-corrected chi connectivity index (χ0v) is 17.8. The quantitative estimate of drug-likeness (QED) is 0.546. The minimum absolute atomic E-state index is 0.131. The van der Waals surface area contributed by atoms with Gasteiger partial charge in [-0.15, -0.1) is 0 Å². The molecule has 0 saturated heterocycles. The van der Waals surface area contributed by atoms with Crippen LogP contribution in [0.4, 0.5) is 5.69 Å². The van der Waals surface area contributed by atoms with Gasteiger partial charge in [-0.3, -0.25) is 4.79 Å². The van der Waals surface area contributed by atoms with Crippen LogP contribution in [0.5, 0.6) is 5.75 Å². The molecular formula is C22H21ClN2O4S. The lowest BCUT2D eigenvalue weighted by molar-refractivity contribution is -0.118. The standard InChI is InChI=1S/C22H21ClN2O4S/c1-16-12-20(30(27,28)24-14-17-6-3-2-4-7-17)10-11-21(16)29-15-22(26)25-19-9-5-8-18(23)13-19/h2-13,24H,14-15H2,1H3,(H,25,26). The van der Waals surface area contributed by atoms with Crippen LogP contribution in [0.2, 0.25) is 5.02 Å². The maximum absolute atomic E-state index is 12.5. The summed E-state index contributed by atoms with van der Waals surface area (Å²) in [7, 11) is -3.67. The highest BCUT2D eigenvalue weighted by Crippen LogP contribution is 2.22. The molecule has 0 atom stereocenters. The SMILES string of the molecule is Cc1cc(S(=O)(=O)NCc2ccccc2)ccc1OCC(=O)Nc1cccc(Cl)c1. The van der Waals surface area contributed by atoms with Crippen molar-refractivity contribution in [2.75, 3.05) is 11.9 Å². The van der Waals surface area contributed by atoms with Gasteiger partial charge < -0.3 is 10.1 Å². The second-order valence-electron chi connectivity index (χ2n) is 6.58. The van der Waals surface area contributed by atoms with Gasteiger partial charge in [0, 0.05) is 17.3 Å². The number of sulfonamides is 1. The predicted octanol–water partition coefficient (Wildman–Crippen LogP) is 4.14. The maximum Gasteiger partial charge on any atom is 0.262 e. The second-order valence-corrected chi connectivity index (χ2v) is 8.79. The van der Waals surface area contributed by atoms with Crippen molar-refractivity contribution in [1.29, 1.82) is 0 Å². The largest absolute Gasteiger partial charge is 0.483 e. The van der Waals surface area contributed by atoms with E-state index >= 15 is 0 Å². The normalized spacial score (nSPS) is 11.1. The smallest absolute Gasteiger partial charge is 0.262 e. The molecule has 3 rings (SSSR count). The molecule has 0 heterocycles. The van der Waals surface area contributed by atoms with Crippen molar-refractivity contribution in [2.24, 2.45) is 0 Å². The molecule has 0 unspecified atom stereocenters. The van der Waals surface area contributed by atoms with Gasteiger partial charge in [0.15, 0.2) is 6.61 Å². The second kappa shape index (κ2) is 9.75. The topological polar surface area (TPSA) is 84.5 Å². The molecule has 2 N–H and O–H groups in total. The van der Waals surface area contributed by atoms with Gasteiger partial charge in [0.05, 0.1) is 4.90 Å². The third-order valence-electron chi connectivity index (χ3n) is 4.23. The summed E-state index contributed by atoms with van der Waals surface area (Å²) in [6.07, 6.45) is 0. The monoisotopic (exact) mass is 444 g/mol. The van der Waals surface area contributed by atoms with Gasteiger partial charge in [-0.05, 0) is 54.4 Å². The van der Waals surface area contributed by atoms with Gasteiger partial charge >= 0.3 is 0 Å². The number of aryl methyl sites for hydroxylation is 1. The third kappa shape index (κ3) is 6.06. The summed E-state index contributed by atoms with van der Waals surface area (Å²) in [6, 6.07) is 20.6. The molecule has 0 spiro atoms. The predicted molar refractivity (Wildman–Crippen MR) is 117 cm³/mol. The molecule has 0 saturated carbocycles. The number of ether oxygens (including phenoxy) is 1. The highest BCUT2D eigenvalue weighted by molar-refractivity contribution is 7.89.